The summed E-state index contributed by atoms with van der Waals surface area (Å²) in [6, 6.07) is 21.3. The summed E-state index contributed by atoms with van der Waals surface area (Å²) in [4.78, 5) is 28.0. The van der Waals surface area contributed by atoms with E-state index in [9.17, 15) is 9.59 Å². The standard InChI is InChI=1S/C23H18N2O4/c26-22(24-17-10-11-20-21(13-17)29-14-28-20)19-12-16-8-4-5-9-18(16)25(19)23(27)15-6-2-1-3-7-15/h1-11,13,19H,12,14H2,(H,24,26)/t19-/m1/s1. The second-order valence-electron chi connectivity index (χ2n) is 6.95. The van der Waals surface area contributed by atoms with Gasteiger partial charge in [0.2, 0.25) is 12.7 Å². The lowest BCUT2D eigenvalue weighted by molar-refractivity contribution is -0.117. The van der Waals surface area contributed by atoms with Gasteiger partial charge in [0.05, 0.1) is 0 Å². The van der Waals surface area contributed by atoms with Crippen LogP contribution in [0.5, 0.6) is 11.5 Å². The molecule has 2 amide bonds. The van der Waals surface area contributed by atoms with Gasteiger partial charge in [-0.05, 0) is 35.9 Å². The molecule has 0 saturated carbocycles. The van der Waals surface area contributed by atoms with Crippen molar-refractivity contribution in [2.75, 3.05) is 17.0 Å². The molecule has 0 unspecified atom stereocenters. The highest BCUT2D eigenvalue weighted by atomic mass is 16.7. The van der Waals surface area contributed by atoms with Crippen LogP contribution in [-0.2, 0) is 11.2 Å². The van der Waals surface area contributed by atoms with Crippen LogP contribution < -0.4 is 19.7 Å². The lowest BCUT2D eigenvalue weighted by atomic mass is 10.1. The number of nitrogens with zero attached hydrogens (tertiary/aromatic N) is 1. The summed E-state index contributed by atoms with van der Waals surface area (Å²) in [6.45, 7) is 0.171. The van der Waals surface area contributed by atoms with Gasteiger partial charge in [0.25, 0.3) is 5.91 Å². The van der Waals surface area contributed by atoms with Gasteiger partial charge in [-0.1, -0.05) is 36.4 Å². The van der Waals surface area contributed by atoms with E-state index in [0.29, 0.717) is 29.2 Å². The van der Waals surface area contributed by atoms with E-state index in [1.165, 1.54) is 0 Å². The fraction of sp³-hybridized carbons (Fsp3) is 0.130. The summed E-state index contributed by atoms with van der Waals surface area (Å²) in [5.74, 6) is 0.803. The number of hydrogen-bond acceptors (Lipinski definition) is 4. The number of anilines is 2. The summed E-state index contributed by atoms with van der Waals surface area (Å²) in [7, 11) is 0. The fourth-order valence-electron chi connectivity index (χ4n) is 3.77. The molecule has 144 valence electrons. The first kappa shape index (κ1) is 17.3. The van der Waals surface area contributed by atoms with E-state index in [-0.39, 0.29) is 18.6 Å². The Morgan fingerprint density at radius 1 is 0.897 bits per heavy atom. The normalized spacial score (nSPS) is 16.4. The molecule has 1 atom stereocenters. The molecule has 0 fully saturated rings. The predicted octanol–water partition coefficient (Wildman–Crippen LogP) is 3.63. The number of ether oxygens (including phenoxy) is 2. The second kappa shape index (κ2) is 6.98. The van der Waals surface area contributed by atoms with E-state index in [1.54, 1.807) is 35.2 Å². The molecule has 2 aliphatic rings. The number of para-hydroxylation sites is 1. The Kier molecular flexibility index (Phi) is 4.17. The largest absolute Gasteiger partial charge is 0.454 e. The van der Waals surface area contributed by atoms with Crippen molar-refractivity contribution in [2.45, 2.75) is 12.5 Å². The second-order valence-corrected chi connectivity index (χ2v) is 6.95. The Morgan fingerprint density at radius 3 is 2.52 bits per heavy atom. The van der Waals surface area contributed by atoms with Gasteiger partial charge in [0.15, 0.2) is 11.5 Å². The Hall–Kier alpha value is -3.80. The smallest absolute Gasteiger partial charge is 0.259 e. The van der Waals surface area contributed by atoms with Crippen molar-refractivity contribution < 1.29 is 19.1 Å². The first-order valence-corrected chi connectivity index (χ1v) is 9.38. The summed E-state index contributed by atoms with van der Waals surface area (Å²) in [5, 5.41) is 2.92. The molecule has 6 nitrogen and oxygen atoms in total. The van der Waals surface area contributed by atoms with Crippen LogP contribution in [0.1, 0.15) is 15.9 Å². The number of carbonyl (C=O) groups is 2. The SMILES string of the molecule is O=C(Nc1ccc2c(c1)OCO2)[C@H]1Cc2ccccc2N1C(=O)c1ccccc1. The zero-order valence-electron chi connectivity index (χ0n) is 15.5. The molecule has 6 heteroatoms. The van der Waals surface area contributed by atoms with E-state index in [4.69, 9.17) is 9.47 Å². The Morgan fingerprint density at radius 2 is 1.66 bits per heavy atom. The molecule has 3 aromatic carbocycles. The minimum Gasteiger partial charge on any atom is -0.454 e. The van der Waals surface area contributed by atoms with Gasteiger partial charge in [0.1, 0.15) is 6.04 Å². The summed E-state index contributed by atoms with van der Waals surface area (Å²) < 4.78 is 10.7. The van der Waals surface area contributed by atoms with Gasteiger partial charge in [-0.25, -0.2) is 0 Å². The van der Waals surface area contributed by atoms with Crippen LogP contribution in [0, 0.1) is 0 Å². The maximum atomic E-state index is 13.2. The minimum absolute atomic E-state index is 0.171. The van der Waals surface area contributed by atoms with Crippen LogP contribution in [0.25, 0.3) is 0 Å². The van der Waals surface area contributed by atoms with Gasteiger partial charge in [0, 0.05) is 29.4 Å². The third-order valence-electron chi connectivity index (χ3n) is 5.16. The highest BCUT2D eigenvalue weighted by Gasteiger charge is 2.38. The van der Waals surface area contributed by atoms with Crippen LogP contribution in [0.3, 0.4) is 0 Å². The van der Waals surface area contributed by atoms with Crippen molar-refractivity contribution in [2.24, 2.45) is 0 Å². The number of hydrogen-bond donors (Lipinski definition) is 1. The average molecular weight is 386 g/mol. The van der Waals surface area contributed by atoms with Crippen LogP contribution in [-0.4, -0.2) is 24.6 Å². The molecule has 0 aromatic heterocycles. The first-order chi connectivity index (χ1) is 14.2. The zero-order valence-corrected chi connectivity index (χ0v) is 15.5. The molecule has 2 heterocycles. The van der Waals surface area contributed by atoms with Crippen LogP contribution in [0.15, 0.2) is 72.8 Å². The summed E-state index contributed by atoms with van der Waals surface area (Å²) in [5.41, 5.74) is 2.89. The van der Waals surface area contributed by atoms with E-state index < -0.39 is 6.04 Å². The lowest BCUT2D eigenvalue weighted by Gasteiger charge is -2.25. The van der Waals surface area contributed by atoms with E-state index in [2.05, 4.69) is 5.32 Å². The van der Waals surface area contributed by atoms with Crippen LogP contribution in [0.2, 0.25) is 0 Å². The Balaban J connectivity index is 1.45. The molecule has 29 heavy (non-hydrogen) atoms. The monoisotopic (exact) mass is 386 g/mol. The van der Waals surface area contributed by atoms with Crippen molar-refractivity contribution >= 4 is 23.2 Å². The number of benzene rings is 3. The summed E-state index contributed by atoms with van der Waals surface area (Å²) in [6.07, 6.45) is 0.463. The molecular weight excluding hydrogens is 368 g/mol. The molecule has 0 radical (unpaired) electrons. The van der Waals surface area contributed by atoms with Crippen LogP contribution in [0.4, 0.5) is 11.4 Å². The molecular formula is C23H18N2O4. The van der Waals surface area contributed by atoms with E-state index >= 15 is 0 Å². The van der Waals surface area contributed by atoms with Crippen molar-refractivity contribution in [3.8, 4) is 11.5 Å². The highest BCUT2D eigenvalue weighted by Crippen LogP contribution is 2.36. The van der Waals surface area contributed by atoms with E-state index in [0.717, 1.165) is 11.3 Å². The summed E-state index contributed by atoms with van der Waals surface area (Å²) >= 11 is 0. The quantitative estimate of drug-likeness (QED) is 0.747. The molecule has 1 N–H and O–H groups in total. The van der Waals surface area contributed by atoms with Gasteiger partial charge in [-0.15, -0.1) is 0 Å². The number of rotatable bonds is 3. The highest BCUT2D eigenvalue weighted by molar-refractivity contribution is 6.13. The molecule has 0 bridgehead atoms. The molecule has 0 aliphatic carbocycles. The maximum absolute atomic E-state index is 13.2. The first-order valence-electron chi connectivity index (χ1n) is 9.38. The third-order valence-corrected chi connectivity index (χ3v) is 5.16. The predicted molar refractivity (Wildman–Crippen MR) is 108 cm³/mol. The molecule has 2 aliphatic heterocycles. The average Bonchev–Trinajstić information content (AvgIpc) is 3.38. The topological polar surface area (TPSA) is 67.9 Å². The molecule has 0 saturated heterocycles. The third kappa shape index (κ3) is 3.08. The zero-order chi connectivity index (χ0) is 19.8. The number of nitrogens with one attached hydrogen (secondary N) is 1. The number of amides is 2. The van der Waals surface area contributed by atoms with Crippen LogP contribution >= 0.6 is 0 Å². The molecule has 3 aromatic rings. The fourth-order valence-corrected chi connectivity index (χ4v) is 3.77. The van der Waals surface area contributed by atoms with Crippen molar-refractivity contribution in [3.63, 3.8) is 0 Å². The van der Waals surface area contributed by atoms with Crippen molar-refractivity contribution in [1.29, 1.82) is 0 Å². The van der Waals surface area contributed by atoms with Gasteiger partial charge in [-0.3, -0.25) is 14.5 Å². The van der Waals surface area contributed by atoms with Crippen molar-refractivity contribution in [3.05, 3.63) is 83.9 Å². The van der Waals surface area contributed by atoms with Crippen molar-refractivity contribution in [1.82, 2.24) is 0 Å². The van der Waals surface area contributed by atoms with Gasteiger partial charge in [-0.2, -0.15) is 0 Å². The number of carbonyl (C=O) groups excluding carboxylic acids is 2. The van der Waals surface area contributed by atoms with E-state index in [1.807, 2.05) is 42.5 Å². The Bertz CT molecular complexity index is 1100. The Labute approximate surface area is 167 Å². The number of fused-ring (bicyclic) bond motifs is 2. The lowest BCUT2D eigenvalue weighted by Crippen LogP contribution is -2.45. The molecule has 0 spiro atoms. The molecule has 5 rings (SSSR count). The van der Waals surface area contributed by atoms with Gasteiger partial charge >= 0.3 is 0 Å². The maximum Gasteiger partial charge on any atom is 0.259 e. The van der Waals surface area contributed by atoms with Gasteiger partial charge < -0.3 is 14.8 Å². The minimum atomic E-state index is -0.634.